The largest absolute Gasteiger partial charge is 0.497 e. The van der Waals surface area contributed by atoms with Gasteiger partial charge < -0.3 is 9.47 Å². The Labute approximate surface area is 117 Å². The molecule has 0 atom stereocenters. The van der Waals surface area contributed by atoms with E-state index in [1.165, 1.54) is 7.11 Å². The molecule has 4 nitrogen and oxygen atoms in total. The number of esters is 1. The first-order valence-electron chi connectivity index (χ1n) is 6.32. The minimum absolute atomic E-state index is 0.0619. The van der Waals surface area contributed by atoms with Crippen molar-refractivity contribution in [3.8, 4) is 5.75 Å². The summed E-state index contributed by atoms with van der Waals surface area (Å²) in [6, 6.07) is 11.1. The molecule has 0 aliphatic rings. The molecule has 0 fully saturated rings. The first-order valence-corrected chi connectivity index (χ1v) is 6.32. The highest BCUT2D eigenvalue weighted by atomic mass is 16.5. The second-order valence-electron chi connectivity index (χ2n) is 4.43. The summed E-state index contributed by atoms with van der Waals surface area (Å²) >= 11 is 0. The third kappa shape index (κ3) is 3.15. The molecule has 0 aliphatic heterocycles. The van der Waals surface area contributed by atoms with E-state index >= 15 is 0 Å². The molecule has 0 saturated carbocycles. The van der Waals surface area contributed by atoms with E-state index in [2.05, 4.69) is 4.74 Å². The summed E-state index contributed by atoms with van der Waals surface area (Å²) in [6.45, 7) is 0. The molecule has 2 aromatic carbocycles. The number of ketones is 1. The number of ether oxygens (including phenoxy) is 2. The summed E-state index contributed by atoms with van der Waals surface area (Å²) in [5.41, 5.74) is 0.603. The van der Waals surface area contributed by atoms with Crippen molar-refractivity contribution in [2.45, 2.75) is 12.8 Å². The number of methoxy groups -OCH3 is 2. The van der Waals surface area contributed by atoms with E-state index in [1.807, 2.05) is 30.3 Å². The zero-order valence-corrected chi connectivity index (χ0v) is 11.5. The maximum absolute atomic E-state index is 12.0. The predicted molar refractivity (Wildman–Crippen MR) is 76.1 cm³/mol. The van der Waals surface area contributed by atoms with Gasteiger partial charge in [-0.3, -0.25) is 9.59 Å². The molecular formula is C16H16O4. The molecular weight excluding hydrogens is 256 g/mol. The monoisotopic (exact) mass is 272 g/mol. The summed E-state index contributed by atoms with van der Waals surface area (Å²) in [6.07, 6.45) is 0.268. The fourth-order valence-electron chi connectivity index (χ4n) is 1.99. The molecule has 0 saturated heterocycles. The molecule has 0 radical (unpaired) electrons. The van der Waals surface area contributed by atoms with E-state index in [0.29, 0.717) is 5.56 Å². The molecule has 0 N–H and O–H groups in total. The summed E-state index contributed by atoms with van der Waals surface area (Å²) in [4.78, 5) is 23.0. The SMILES string of the molecule is COC(=O)CCC(=O)c1ccc2cc(OC)ccc2c1. The van der Waals surface area contributed by atoms with Crippen molar-refractivity contribution in [3.05, 3.63) is 42.0 Å². The van der Waals surface area contributed by atoms with E-state index in [-0.39, 0.29) is 24.6 Å². The van der Waals surface area contributed by atoms with Gasteiger partial charge in [-0.05, 0) is 29.0 Å². The van der Waals surface area contributed by atoms with Crippen LogP contribution in [0.1, 0.15) is 23.2 Å². The molecule has 4 heteroatoms. The van der Waals surface area contributed by atoms with Gasteiger partial charge in [-0.15, -0.1) is 0 Å². The molecule has 0 aromatic heterocycles. The number of rotatable bonds is 5. The van der Waals surface area contributed by atoms with Crippen molar-refractivity contribution in [1.29, 1.82) is 0 Å². The lowest BCUT2D eigenvalue weighted by Crippen LogP contribution is -2.05. The Morgan fingerprint density at radius 3 is 2.35 bits per heavy atom. The fraction of sp³-hybridized carbons (Fsp3) is 0.250. The van der Waals surface area contributed by atoms with Crippen LogP contribution in [0.25, 0.3) is 10.8 Å². The molecule has 2 rings (SSSR count). The van der Waals surface area contributed by atoms with Crippen molar-refractivity contribution in [2.24, 2.45) is 0 Å². The summed E-state index contributed by atoms with van der Waals surface area (Å²) < 4.78 is 9.69. The minimum Gasteiger partial charge on any atom is -0.497 e. The number of hydrogen-bond acceptors (Lipinski definition) is 4. The van der Waals surface area contributed by atoms with Crippen LogP contribution >= 0.6 is 0 Å². The Balaban J connectivity index is 2.19. The van der Waals surface area contributed by atoms with Gasteiger partial charge in [0.05, 0.1) is 20.6 Å². The van der Waals surface area contributed by atoms with Crippen LogP contribution in [0.2, 0.25) is 0 Å². The zero-order valence-electron chi connectivity index (χ0n) is 11.5. The van der Waals surface area contributed by atoms with Gasteiger partial charge in [-0.1, -0.05) is 18.2 Å². The minimum atomic E-state index is -0.371. The lowest BCUT2D eigenvalue weighted by atomic mass is 10.0. The maximum atomic E-state index is 12.0. The lowest BCUT2D eigenvalue weighted by molar-refractivity contribution is -0.140. The number of carbonyl (C=O) groups excluding carboxylic acids is 2. The quantitative estimate of drug-likeness (QED) is 0.620. The van der Waals surface area contributed by atoms with Gasteiger partial charge in [-0.25, -0.2) is 0 Å². The number of Topliss-reactive ketones (excluding diaryl/α,β-unsaturated/α-hetero) is 1. The van der Waals surface area contributed by atoms with Crippen LogP contribution in [0.15, 0.2) is 36.4 Å². The predicted octanol–water partition coefficient (Wildman–Crippen LogP) is 2.98. The third-order valence-corrected chi connectivity index (χ3v) is 3.15. The number of fused-ring (bicyclic) bond motifs is 1. The van der Waals surface area contributed by atoms with Crippen LogP contribution in [0.3, 0.4) is 0 Å². The molecule has 0 amide bonds. The van der Waals surface area contributed by atoms with Gasteiger partial charge >= 0.3 is 5.97 Å². The van der Waals surface area contributed by atoms with Crippen molar-refractivity contribution in [1.82, 2.24) is 0 Å². The molecule has 0 unspecified atom stereocenters. The fourth-order valence-corrected chi connectivity index (χ4v) is 1.99. The Bertz CT molecular complexity index is 646. The Hall–Kier alpha value is -2.36. The van der Waals surface area contributed by atoms with Crippen LogP contribution in [0.5, 0.6) is 5.75 Å². The van der Waals surface area contributed by atoms with Crippen LogP contribution in [-0.4, -0.2) is 26.0 Å². The second kappa shape index (κ2) is 6.19. The van der Waals surface area contributed by atoms with E-state index in [0.717, 1.165) is 16.5 Å². The van der Waals surface area contributed by atoms with Crippen molar-refractivity contribution >= 4 is 22.5 Å². The Morgan fingerprint density at radius 2 is 1.65 bits per heavy atom. The van der Waals surface area contributed by atoms with Gasteiger partial charge in [0, 0.05) is 12.0 Å². The van der Waals surface area contributed by atoms with Crippen LogP contribution in [0, 0.1) is 0 Å². The normalized spacial score (nSPS) is 10.3. The van der Waals surface area contributed by atoms with Gasteiger partial charge in [0.1, 0.15) is 5.75 Å². The first kappa shape index (κ1) is 14.1. The van der Waals surface area contributed by atoms with Gasteiger partial charge in [0.25, 0.3) is 0 Å². The Kier molecular flexibility index (Phi) is 4.35. The van der Waals surface area contributed by atoms with Crippen molar-refractivity contribution in [3.63, 3.8) is 0 Å². The standard InChI is InChI=1S/C16H16O4/c1-19-14-6-5-11-9-13(4-3-12(11)10-14)15(17)7-8-16(18)20-2/h3-6,9-10H,7-8H2,1-2H3. The lowest BCUT2D eigenvalue weighted by Gasteiger charge is -2.05. The maximum Gasteiger partial charge on any atom is 0.305 e. The first-order chi connectivity index (χ1) is 9.63. The average molecular weight is 272 g/mol. The molecule has 0 aliphatic carbocycles. The molecule has 0 heterocycles. The highest BCUT2D eigenvalue weighted by Gasteiger charge is 2.10. The smallest absolute Gasteiger partial charge is 0.305 e. The Morgan fingerprint density at radius 1 is 0.950 bits per heavy atom. The highest BCUT2D eigenvalue weighted by molar-refractivity contribution is 6.01. The van der Waals surface area contributed by atoms with Gasteiger partial charge in [0.2, 0.25) is 0 Å². The van der Waals surface area contributed by atoms with E-state index < -0.39 is 0 Å². The molecule has 104 valence electrons. The topological polar surface area (TPSA) is 52.6 Å². The number of hydrogen-bond donors (Lipinski definition) is 0. The number of benzene rings is 2. The zero-order chi connectivity index (χ0) is 14.5. The molecule has 0 bridgehead atoms. The van der Waals surface area contributed by atoms with Gasteiger partial charge in [-0.2, -0.15) is 0 Å². The van der Waals surface area contributed by atoms with Crippen LogP contribution in [0.4, 0.5) is 0 Å². The summed E-state index contributed by atoms with van der Waals surface area (Å²) in [5.74, 6) is 0.347. The van der Waals surface area contributed by atoms with E-state index in [1.54, 1.807) is 13.2 Å². The molecule has 20 heavy (non-hydrogen) atoms. The molecule has 0 spiro atoms. The van der Waals surface area contributed by atoms with E-state index in [9.17, 15) is 9.59 Å². The highest BCUT2D eigenvalue weighted by Crippen LogP contribution is 2.22. The second-order valence-corrected chi connectivity index (χ2v) is 4.43. The van der Waals surface area contributed by atoms with Crippen LogP contribution in [-0.2, 0) is 9.53 Å². The van der Waals surface area contributed by atoms with E-state index in [4.69, 9.17) is 4.74 Å². The van der Waals surface area contributed by atoms with Gasteiger partial charge in [0.15, 0.2) is 5.78 Å². The van der Waals surface area contributed by atoms with Crippen LogP contribution < -0.4 is 4.74 Å². The number of carbonyl (C=O) groups is 2. The van der Waals surface area contributed by atoms with Crippen molar-refractivity contribution < 1.29 is 19.1 Å². The summed E-state index contributed by atoms with van der Waals surface area (Å²) in [7, 11) is 2.93. The van der Waals surface area contributed by atoms with Crippen molar-refractivity contribution in [2.75, 3.05) is 14.2 Å². The average Bonchev–Trinajstić information content (AvgIpc) is 2.50. The summed E-state index contributed by atoms with van der Waals surface area (Å²) in [5, 5.41) is 1.98. The third-order valence-electron chi connectivity index (χ3n) is 3.15. The molecule has 2 aromatic rings.